The second-order valence-electron chi connectivity index (χ2n) is 5.69. The van der Waals surface area contributed by atoms with Crippen LogP contribution in [0.1, 0.15) is 20.8 Å². The van der Waals surface area contributed by atoms with E-state index in [2.05, 4.69) is 89.3 Å². The van der Waals surface area contributed by atoms with E-state index in [1.807, 2.05) is 6.92 Å². The predicted molar refractivity (Wildman–Crippen MR) is 96.6 cm³/mol. The molecule has 0 aromatic rings. The molecule has 0 radical (unpaired) electrons. The van der Waals surface area contributed by atoms with Crippen LogP contribution in [0.2, 0.25) is 19.6 Å². The molecule has 0 aliphatic heterocycles. The van der Waals surface area contributed by atoms with Crippen LogP contribution >= 0.6 is 0 Å². The summed E-state index contributed by atoms with van der Waals surface area (Å²) in [5, 5.41) is 0. The zero-order valence-electron chi connectivity index (χ0n) is 17.3. The Morgan fingerprint density at radius 2 is 1.32 bits per heavy atom. The van der Waals surface area contributed by atoms with Gasteiger partial charge in [-0.15, -0.1) is 0 Å². The molecule has 28 heavy (non-hydrogen) atoms. The van der Waals surface area contributed by atoms with Crippen molar-refractivity contribution in [3.05, 3.63) is 45.0 Å². The van der Waals surface area contributed by atoms with Crippen molar-refractivity contribution < 1.29 is 51.8 Å². The van der Waals surface area contributed by atoms with Crippen LogP contribution in [0.5, 0.6) is 0 Å². The van der Waals surface area contributed by atoms with Gasteiger partial charge < -0.3 is 0 Å². The summed E-state index contributed by atoms with van der Waals surface area (Å²) in [6, 6.07) is 0. The van der Waals surface area contributed by atoms with Crippen LogP contribution in [0.15, 0.2) is 11.8 Å². The van der Waals surface area contributed by atoms with E-state index in [9.17, 15) is 0 Å². The first-order valence-electron chi connectivity index (χ1n) is 7.32. The summed E-state index contributed by atoms with van der Waals surface area (Å²) in [7, 11) is 0.493. The molecule has 0 aliphatic rings. The molecule has 0 bridgehead atoms. The van der Waals surface area contributed by atoms with E-state index in [4.69, 9.17) is 32.4 Å². The molecule has 0 rings (SSSR count). The van der Waals surface area contributed by atoms with Crippen molar-refractivity contribution in [1.82, 2.24) is 4.90 Å². The number of nitrogens with zero attached hydrogens (tertiary/aromatic N) is 1. The van der Waals surface area contributed by atoms with Crippen LogP contribution in [-0.4, -0.2) is 43.6 Å². The second-order valence-corrected chi connectivity index (χ2v) is 10.9. The summed E-state index contributed by atoms with van der Waals surface area (Å²) in [4.78, 5) is 2.15. The van der Waals surface area contributed by atoms with Gasteiger partial charge in [0.25, 0.3) is 0 Å². The molecule has 0 heterocycles. The van der Waals surface area contributed by atoms with Gasteiger partial charge in [-0.05, 0) is 0 Å². The van der Waals surface area contributed by atoms with Gasteiger partial charge in [0.05, 0.1) is 0 Å². The molecule has 0 aromatic carbocycles. The van der Waals surface area contributed by atoms with Crippen molar-refractivity contribution >= 4 is 12.8 Å². The molecule has 0 atom stereocenters. The van der Waals surface area contributed by atoms with Crippen molar-refractivity contribution in [2.45, 2.75) is 46.0 Å². The molecule has 8 nitrogen and oxygen atoms in total. The summed E-state index contributed by atoms with van der Waals surface area (Å²) in [6.45, 7) is 36.8. The van der Waals surface area contributed by atoms with Crippen LogP contribution < -0.4 is 0 Å². The van der Waals surface area contributed by atoms with Crippen molar-refractivity contribution in [2.24, 2.45) is 0 Å². The van der Waals surface area contributed by atoms with Gasteiger partial charge in [0.2, 0.25) is 0 Å². The summed E-state index contributed by atoms with van der Waals surface area (Å²) in [5.74, 6) is 0. The number of rotatable bonds is 8. The molecule has 0 fully saturated rings. The number of likely N-dealkylation sites (N-methyl/N-ethyl adjacent to an activating group) is 1. The number of hydrogen-bond donors (Lipinski definition) is 0. The Morgan fingerprint density at radius 3 is 1.57 bits per heavy atom. The molecule has 0 amide bonds. The predicted octanol–water partition coefficient (Wildman–Crippen LogP) is 2.59. The topological polar surface area (TPSA) is 121 Å². The van der Waals surface area contributed by atoms with Gasteiger partial charge in [-0.1, -0.05) is 0 Å². The standard InChI is InChI=1S/C13H27NO2Si.5CO.W/c1-9-15-11-10-12(14(4)5)13(2,3)16-17(6,7)8;5*1-2;/h4,10H,9,11H2,1-3,5-8H3;;;;;;. The van der Waals surface area contributed by atoms with Crippen LogP contribution in [0.25, 0.3) is 0 Å². The van der Waals surface area contributed by atoms with Crippen molar-refractivity contribution in [1.29, 1.82) is 0 Å². The molecule has 0 saturated carbocycles. The zero-order chi connectivity index (χ0) is 24.4. The van der Waals surface area contributed by atoms with Crippen LogP contribution in [0, 0.1) is 33.3 Å². The van der Waals surface area contributed by atoms with Gasteiger partial charge in [-0.25, -0.2) is 0 Å². The van der Waals surface area contributed by atoms with Crippen LogP contribution in [-0.2, 0) is 51.8 Å². The number of ether oxygens (including phenoxy) is 1. The monoisotopic (exact) mass is 581 g/mol. The first-order chi connectivity index (χ1) is 13.1. The van der Waals surface area contributed by atoms with Gasteiger partial charge in [-0.2, -0.15) is 0 Å². The molecular formula is C18H27NO7SiW. The van der Waals surface area contributed by atoms with Crippen LogP contribution in [0.3, 0.4) is 0 Å². The van der Waals surface area contributed by atoms with Gasteiger partial charge in [0, 0.05) is 0 Å². The summed E-state index contributed by atoms with van der Waals surface area (Å²) >= 11 is 1.43. The Morgan fingerprint density at radius 1 is 0.964 bits per heavy atom. The fraction of sp³-hybridized carbons (Fsp3) is 0.556. The molecule has 0 unspecified atom stereocenters. The van der Waals surface area contributed by atoms with Gasteiger partial charge in [0.15, 0.2) is 0 Å². The summed E-state index contributed by atoms with van der Waals surface area (Å²) in [5.41, 5.74) is 0.899. The van der Waals surface area contributed by atoms with Crippen molar-refractivity contribution in [3.8, 4) is 0 Å². The fourth-order valence-electron chi connectivity index (χ4n) is 1.94. The molecule has 0 N–H and O–H groups in total. The Kier molecular flexibility index (Phi) is 45.3. The molecule has 10 heteroatoms. The molecule has 156 valence electrons. The Labute approximate surface area is 180 Å². The Balaban J connectivity index is -0.000000104. The average Bonchev–Trinajstić information content (AvgIpc) is 2.70. The minimum atomic E-state index is -1.58. The fourth-order valence-corrected chi connectivity index (χ4v) is 3.99. The van der Waals surface area contributed by atoms with Gasteiger partial charge in [-0.3, -0.25) is 0 Å². The molecule has 0 saturated heterocycles. The number of hydrogen-bond acceptors (Lipinski definition) is 3. The molecule has 0 aliphatic carbocycles. The van der Waals surface area contributed by atoms with Crippen molar-refractivity contribution in [2.75, 3.05) is 20.3 Å². The maximum atomic E-state index is 7.50. The van der Waals surface area contributed by atoms with E-state index in [1.54, 1.807) is 0 Å². The quantitative estimate of drug-likeness (QED) is 0.190. The zero-order valence-corrected chi connectivity index (χ0v) is 21.2. The third-order valence-corrected chi connectivity index (χ3v) is 4.57. The first kappa shape index (κ1) is 41.3. The second kappa shape index (κ2) is 30.7. The third kappa shape index (κ3) is 29.7. The van der Waals surface area contributed by atoms with E-state index in [0.29, 0.717) is 6.61 Å². The minimum absolute atomic E-state index is 0.276. The molecule has 0 aromatic heterocycles. The van der Waals surface area contributed by atoms with Gasteiger partial charge >= 0.3 is 181 Å². The van der Waals surface area contributed by atoms with E-state index in [-0.39, 0.29) is 5.60 Å². The van der Waals surface area contributed by atoms with E-state index in [1.165, 1.54) is 25.1 Å². The third-order valence-electron chi connectivity index (χ3n) is 2.31. The Hall–Kier alpha value is -1.06. The Bertz CT molecular complexity index is 454. The van der Waals surface area contributed by atoms with E-state index >= 15 is 0 Å². The summed E-state index contributed by atoms with van der Waals surface area (Å²) < 4.78 is 51.4. The first-order valence-corrected chi connectivity index (χ1v) is 12.4. The van der Waals surface area contributed by atoms with Crippen molar-refractivity contribution in [3.63, 3.8) is 0 Å². The maximum absolute atomic E-state index is 7.50. The van der Waals surface area contributed by atoms with E-state index in [0.717, 1.165) is 6.61 Å². The SMILES string of the molecule is CCOCC=C(N(C)[CH]=[W])C(C)(C)O[Si](C)(C)C.[C-]#[O+].[C-]#[O+].[C-]#[O+].[C-]#[O+].[C-]#[O+]. The average molecular weight is 581 g/mol. The van der Waals surface area contributed by atoms with E-state index < -0.39 is 8.32 Å². The van der Waals surface area contributed by atoms with Crippen LogP contribution in [0.4, 0.5) is 0 Å². The van der Waals surface area contributed by atoms with Gasteiger partial charge in [0.1, 0.15) is 0 Å². The normalized spacial score (nSPS) is 9.11. The molecule has 0 spiro atoms. The summed E-state index contributed by atoms with van der Waals surface area (Å²) in [6.07, 6.45) is 2.13. The molecular weight excluding hydrogens is 554 g/mol.